The molecule has 178 valence electrons. The molecule has 0 saturated carbocycles. The average Bonchev–Trinajstić information content (AvgIpc) is 2.79. The number of rotatable bonds is 8. The highest BCUT2D eigenvalue weighted by Gasteiger charge is 2.72. The van der Waals surface area contributed by atoms with Crippen LogP contribution in [0.15, 0.2) is 99.6 Å². The minimum Gasteiger partial charge on any atom is -0.203 e. The monoisotopic (exact) mass is 508 g/mol. The summed E-state index contributed by atoms with van der Waals surface area (Å²) in [7, 11) is -10.2. The van der Waals surface area contributed by atoms with Crippen molar-refractivity contribution >= 4 is 20.4 Å². The minimum atomic E-state index is -6.60. The molecule has 3 aromatic rings. The van der Waals surface area contributed by atoms with Gasteiger partial charge in [0.2, 0.25) is 0 Å². The van der Waals surface area contributed by atoms with E-state index in [0.29, 0.717) is 0 Å². The maximum Gasteiger partial charge on any atom is 0.438 e. The second-order valence-corrected chi connectivity index (χ2v) is 11.4. The maximum absolute atomic E-state index is 14.4. The van der Waals surface area contributed by atoms with Gasteiger partial charge in [-0.3, -0.25) is 0 Å². The van der Waals surface area contributed by atoms with Crippen LogP contribution < -0.4 is 0 Å². The van der Waals surface area contributed by atoms with E-state index >= 15 is 0 Å². The smallest absolute Gasteiger partial charge is 0.203 e. The van der Waals surface area contributed by atoms with Crippen molar-refractivity contribution in [3.05, 3.63) is 90.5 Å². The Kier molecular flexibility index (Phi) is 6.88. The summed E-state index contributed by atoms with van der Waals surface area (Å²) in [6.07, 6.45) is -4.94. The third kappa shape index (κ3) is 4.36. The summed E-state index contributed by atoms with van der Waals surface area (Å²) >= 11 is 0. The fraction of sp³-hybridized carbons (Fsp3) is 0.182. The molecule has 0 unspecified atom stereocenters. The highest BCUT2D eigenvalue weighted by Crippen LogP contribution is 2.71. The first-order chi connectivity index (χ1) is 15.4. The molecule has 0 fully saturated rings. The van der Waals surface area contributed by atoms with Crippen molar-refractivity contribution in [2.24, 2.45) is 0 Å². The molecule has 0 amide bonds. The quantitative estimate of drug-likeness (QED) is 0.307. The molecule has 0 aliphatic carbocycles. The molecule has 0 N–H and O–H groups in total. The third-order valence-corrected chi connectivity index (χ3v) is 9.91. The number of hydrogen-bond acceptors (Lipinski definition) is 3. The highest BCUT2D eigenvalue weighted by atomic mass is 32.3. The van der Waals surface area contributed by atoms with Gasteiger partial charge in [-0.25, -0.2) is 12.4 Å². The molecule has 0 atom stereocenters. The molecule has 0 saturated heterocycles. The first-order valence-electron chi connectivity index (χ1n) is 9.36. The van der Waals surface area contributed by atoms with Crippen LogP contribution in [0.2, 0.25) is 0 Å². The Morgan fingerprint density at radius 2 is 1.09 bits per heavy atom. The zero-order valence-electron chi connectivity index (χ0n) is 17.0. The molecule has 33 heavy (non-hydrogen) atoms. The van der Waals surface area contributed by atoms with Gasteiger partial charge in [0, 0.05) is 14.7 Å². The highest BCUT2D eigenvalue weighted by molar-refractivity contribution is 8.33. The zero-order valence-corrected chi connectivity index (χ0v) is 18.6. The van der Waals surface area contributed by atoms with E-state index in [1.54, 1.807) is 31.2 Å². The Labute approximate surface area is 188 Å². The van der Waals surface area contributed by atoms with E-state index in [4.69, 9.17) is 3.63 Å². The minimum absolute atomic E-state index is 0.0831. The predicted molar refractivity (Wildman–Crippen MR) is 112 cm³/mol. The Hall–Kier alpha value is -2.50. The first-order valence-corrected chi connectivity index (χ1v) is 12.3. The van der Waals surface area contributed by atoms with Crippen LogP contribution in [-0.2, 0) is 13.7 Å². The van der Waals surface area contributed by atoms with Gasteiger partial charge in [0.05, 0.1) is 0 Å². The second-order valence-electron chi connectivity index (χ2n) is 6.96. The molecule has 0 aromatic heterocycles. The normalized spacial score (nSPS) is 13.8. The van der Waals surface area contributed by atoms with Gasteiger partial charge in [0.25, 0.3) is 0 Å². The van der Waals surface area contributed by atoms with Crippen molar-refractivity contribution in [3.63, 3.8) is 0 Å². The molecular formula is C22H18F6O3S2. The van der Waals surface area contributed by atoms with Gasteiger partial charge in [-0.2, -0.15) is 26.0 Å². The van der Waals surface area contributed by atoms with Crippen LogP contribution in [0.25, 0.3) is 0 Å². The molecule has 0 aliphatic heterocycles. The van der Waals surface area contributed by atoms with Crippen molar-refractivity contribution in [1.29, 1.82) is 0 Å². The predicted octanol–water partition coefficient (Wildman–Crippen LogP) is 7.03. The Balaban J connectivity index is 2.35. The van der Waals surface area contributed by atoms with E-state index in [9.17, 15) is 34.8 Å². The molecule has 0 heterocycles. The molecule has 0 aliphatic rings. The van der Waals surface area contributed by atoms with Crippen molar-refractivity contribution < 1.29 is 38.4 Å². The van der Waals surface area contributed by atoms with E-state index in [1.807, 2.05) is 0 Å². The Morgan fingerprint density at radius 1 is 0.697 bits per heavy atom. The lowest BCUT2D eigenvalue weighted by Gasteiger charge is -2.40. The lowest BCUT2D eigenvalue weighted by atomic mass is 10.2. The maximum atomic E-state index is 14.4. The van der Waals surface area contributed by atoms with E-state index in [-0.39, 0.29) is 14.7 Å². The van der Waals surface area contributed by atoms with E-state index in [2.05, 4.69) is 0 Å². The summed E-state index contributed by atoms with van der Waals surface area (Å²) in [4.78, 5) is 0.254. The molecule has 11 heteroatoms. The SMILES string of the molecule is Cc1ccc(S(OS(=O)(=O)C(F)(F)C(F)(F)C(F)F)(c2ccccc2)c2ccccc2)cc1. The summed E-state index contributed by atoms with van der Waals surface area (Å²) in [5.41, 5.74) is 0.741. The number of benzene rings is 3. The van der Waals surface area contributed by atoms with Crippen LogP contribution in [0.5, 0.6) is 0 Å². The lowest BCUT2D eigenvalue weighted by molar-refractivity contribution is -0.227. The summed E-state index contributed by atoms with van der Waals surface area (Å²) in [6, 6.07) is 20.6. The van der Waals surface area contributed by atoms with Gasteiger partial charge in [-0.15, -0.1) is 0 Å². The van der Waals surface area contributed by atoms with Crippen LogP contribution >= 0.6 is 10.3 Å². The second kappa shape index (κ2) is 9.03. The fourth-order valence-electron chi connectivity index (χ4n) is 2.95. The van der Waals surface area contributed by atoms with Gasteiger partial charge in [0.1, 0.15) is 0 Å². The van der Waals surface area contributed by atoms with Crippen LogP contribution in [-0.4, -0.2) is 26.0 Å². The van der Waals surface area contributed by atoms with Crippen molar-refractivity contribution in [2.45, 2.75) is 39.2 Å². The Morgan fingerprint density at radius 3 is 1.48 bits per heavy atom. The number of halogens is 6. The van der Waals surface area contributed by atoms with Crippen molar-refractivity contribution in [3.8, 4) is 0 Å². The average molecular weight is 509 g/mol. The summed E-state index contributed by atoms with van der Waals surface area (Å²) in [6.45, 7) is 1.72. The van der Waals surface area contributed by atoms with Crippen LogP contribution in [0.1, 0.15) is 5.56 Å². The lowest BCUT2D eigenvalue weighted by Crippen LogP contribution is -2.52. The number of hydrogen-bond donors (Lipinski definition) is 0. The van der Waals surface area contributed by atoms with E-state index < -0.39 is 38.0 Å². The topological polar surface area (TPSA) is 43.4 Å². The fourth-order valence-corrected chi connectivity index (χ4v) is 8.15. The number of alkyl halides is 6. The van der Waals surface area contributed by atoms with Crippen LogP contribution in [0.3, 0.4) is 0 Å². The summed E-state index contributed by atoms with van der Waals surface area (Å²) in [5.74, 6) is -6.18. The standard InChI is InChI=1S/C22H18F6O3S2/c1-16-12-14-19(15-13-16)32(17-8-4-2-5-9-17,18-10-6-3-7-11-18)31-33(29,30)22(27,28)21(25,26)20(23)24/h2-15,20H,1H3. The first kappa shape index (κ1) is 25.1. The van der Waals surface area contributed by atoms with Gasteiger partial charge >= 0.3 is 27.7 Å². The van der Waals surface area contributed by atoms with Gasteiger partial charge < -0.3 is 0 Å². The van der Waals surface area contributed by atoms with E-state index in [1.165, 1.54) is 60.7 Å². The van der Waals surface area contributed by atoms with Crippen LogP contribution in [0, 0.1) is 6.92 Å². The van der Waals surface area contributed by atoms with Gasteiger partial charge in [-0.05, 0) is 53.6 Å². The molecule has 3 rings (SSSR count). The zero-order chi connectivity index (χ0) is 24.5. The summed E-state index contributed by atoms with van der Waals surface area (Å²) in [5, 5.41) is -6.21. The molecule has 0 spiro atoms. The summed E-state index contributed by atoms with van der Waals surface area (Å²) < 4.78 is 112. The Bertz CT molecular complexity index is 1150. The van der Waals surface area contributed by atoms with E-state index in [0.717, 1.165) is 5.56 Å². The molecule has 0 radical (unpaired) electrons. The molecule has 0 bridgehead atoms. The molecule has 3 nitrogen and oxygen atoms in total. The number of aryl methyl sites for hydroxylation is 1. The van der Waals surface area contributed by atoms with Gasteiger partial charge in [-0.1, -0.05) is 54.1 Å². The van der Waals surface area contributed by atoms with Crippen LogP contribution in [0.4, 0.5) is 26.3 Å². The van der Waals surface area contributed by atoms with Crippen molar-refractivity contribution in [2.75, 3.05) is 0 Å². The third-order valence-electron chi connectivity index (χ3n) is 4.67. The van der Waals surface area contributed by atoms with Gasteiger partial charge in [0.15, 0.2) is 0 Å². The van der Waals surface area contributed by atoms with Crippen molar-refractivity contribution in [1.82, 2.24) is 0 Å². The molecular weight excluding hydrogens is 490 g/mol. The molecule has 3 aromatic carbocycles. The largest absolute Gasteiger partial charge is 0.438 e.